The molecule has 1 amide bonds. The molecule has 6 heteroatoms. The first-order valence-corrected chi connectivity index (χ1v) is 5.38. The zero-order valence-corrected chi connectivity index (χ0v) is 8.99. The number of rotatable bonds is 7. The predicted octanol–water partition coefficient (Wildman–Crippen LogP) is 0.545. The number of alkyl halides is 2. The molecule has 1 saturated carbocycles. The molecule has 0 radical (unpaired) electrons. The second-order valence-corrected chi connectivity index (χ2v) is 4.01. The standard InChI is InChI=1S/C10H17F2NO3/c11-9(12)6-16-2-1-10(15)13-5-7-3-8(14)4-7/h7-9,14H,1-6H2,(H,13,15). The number of amides is 1. The number of halogens is 2. The SMILES string of the molecule is O=C(CCOCC(F)F)NCC1CC(O)C1. The summed E-state index contributed by atoms with van der Waals surface area (Å²) >= 11 is 0. The highest BCUT2D eigenvalue weighted by Gasteiger charge is 2.26. The van der Waals surface area contributed by atoms with Crippen LogP contribution < -0.4 is 5.32 Å². The molecule has 0 unspecified atom stereocenters. The van der Waals surface area contributed by atoms with E-state index in [1.165, 1.54) is 0 Å². The van der Waals surface area contributed by atoms with E-state index in [0.717, 1.165) is 12.8 Å². The summed E-state index contributed by atoms with van der Waals surface area (Å²) in [5, 5.41) is 11.7. The van der Waals surface area contributed by atoms with Gasteiger partial charge in [-0.25, -0.2) is 8.78 Å². The first kappa shape index (κ1) is 13.3. The van der Waals surface area contributed by atoms with Crippen molar-refractivity contribution >= 4 is 5.91 Å². The fourth-order valence-corrected chi connectivity index (χ4v) is 1.55. The molecule has 1 fully saturated rings. The van der Waals surface area contributed by atoms with E-state index < -0.39 is 13.0 Å². The van der Waals surface area contributed by atoms with Gasteiger partial charge in [0.05, 0.1) is 12.7 Å². The highest BCUT2D eigenvalue weighted by atomic mass is 19.3. The Kier molecular flexibility index (Phi) is 5.62. The fraction of sp³-hybridized carbons (Fsp3) is 0.900. The van der Waals surface area contributed by atoms with Crippen molar-refractivity contribution in [2.45, 2.75) is 31.8 Å². The molecular weight excluding hydrogens is 220 g/mol. The Hall–Kier alpha value is -0.750. The molecule has 0 atom stereocenters. The Morgan fingerprint density at radius 2 is 2.19 bits per heavy atom. The van der Waals surface area contributed by atoms with Crippen LogP contribution in [0.25, 0.3) is 0 Å². The number of nitrogens with one attached hydrogen (secondary N) is 1. The van der Waals surface area contributed by atoms with Crippen LogP contribution in [0.3, 0.4) is 0 Å². The number of hydrogen-bond acceptors (Lipinski definition) is 3. The van der Waals surface area contributed by atoms with Crippen molar-refractivity contribution in [2.24, 2.45) is 5.92 Å². The van der Waals surface area contributed by atoms with Crippen LogP contribution in [0.1, 0.15) is 19.3 Å². The van der Waals surface area contributed by atoms with Crippen LogP contribution in [0.5, 0.6) is 0 Å². The topological polar surface area (TPSA) is 58.6 Å². The van der Waals surface area contributed by atoms with Crippen LogP contribution in [-0.2, 0) is 9.53 Å². The van der Waals surface area contributed by atoms with Gasteiger partial charge in [-0.1, -0.05) is 0 Å². The van der Waals surface area contributed by atoms with Gasteiger partial charge in [-0.15, -0.1) is 0 Å². The molecule has 0 aromatic carbocycles. The van der Waals surface area contributed by atoms with Crippen LogP contribution in [0, 0.1) is 5.92 Å². The lowest BCUT2D eigenvalue weighted by Gasteiger charge is -2.31. The van der Waals surface area contributed by atoms with Crippen molar-refractivity contribution in [3.8, 4) is 0 Å². The number of carbonyl (C=O) groups excluding carboxylic acids is 1. The van der Waals surface area contributed by atoms with Crippen molar-refractivity contribution in [3.63, 3.8) is 0 Å². The van der Waals surface area contributed by atoms with Gasteiger partial charge >= 0.3 is 0 Å². The number of aliphatic hydroxyl groups is 1. The maximum Gasteiger partial charge on any atom is 0.261 e. The first-order valence-electron chi connectivity index (χ1n) is 5.38. The zero-order valence-electron chi connectivity index (χ0n) is 8.99. The van der Waals surface area contributed by atoms with Gasteiger partial charge in [0.25, 0.3) is 6.43 Å². The maximum atomic E-state index is 11.7. The smallest absolute Gasteiger partial charge is 0.261 e. The van der Waals surface area contributed by atoms with Gasteiger partial charge in [0.15, 0.2) is 0 Å². The lowest BCUT2D eigenvalue weighted by Crippen LogP contribution is -2.38. The van der Waals surface area contributed by atoms with Crippen LogP contribution in [-0.4, -0.2) is 43.3 Å². The van der Waals surface area contributed by atoms with E-state index in [4.69, 9.17) is 5.11 Å². The molecule has 0 bridgehead atoms. The van der Waals surface area contributed by atoms with E-state index in [2.05, 4.69) is 10.1 Å². The van der Waals surface area contributed by atoms with Crippen molar-refractivity contribution in [1.82, 2.24) is 5.32 Å². The summed E-state index contributed by atoms with van der Waals surface area (Å²) in [7, 11) is 0. The zero-order chi connectivity index (χ0) is 12.0. The monoisotopic (exact) mass is 237 g/mol. The fourth-order valence-electron chi connectivity index (χ4n) is 1.55. The molecule has 0 aromatic rings. The lowest BCUT2D eigenvalue weighted by atomic mass is 9.82. The Bertz CT molecular complexity index is 220. The largest absolute Gasteiger partial charge is 0.393 e. The molecule has 0 aromatic heterocycles. The first-order chi connectivity index (χ1) is 7.58. The maximum absolute atomic E-state index is 11.7. The molecule has 94 valence electrons. The molecular formula is C10H17F2NO3. The van der Waals surface area contributed by atoms with Crippen molar-refractivity contribution in [2.75, 3.05) is 19.8 Å². The predicted molar refractivity (Wildman–Crippen MR) is 53.2 cm³/mol. The third-order valence-corrected chi connectivity index (χ3v) is 2.52. The van der Waals surface area contributed by atoms with E-state index in [1.807, 2.05) is 0 Å². The highest BCUT2D eigenvalue weighted by molar-refractivity contribution is 5.75. The molecule has 16 heavy (non-hydrogen) atoms. The molecule has 2 N–H and O–H groups in total. The molecule has 4 nitrogen and oxygen atoms in total. The van der Waals surface area contributed by atoms with Crippen LogP contribution in [0.15, 0.2) is 0 Å². The summed E-state index contributed by atoms with van der Waals surface area (Å²) in [5.74, 6) is 0.150. The van der Waals surface area contributed by atoms with Gasteiger partial charge in [0.2, 0.25) is 5.91 Å². The average Bonchev–Trinajstić information content (AvgIpc) is 2.17. The van der Waals surface area contributed by atoms with Crippen molar-refractivity contribution < 1.29 is 23.4 Å². The number of aliphatic hydroxyl groups excluding tert-OH is 1. The summed E-state index contributed by atoms with van der Waals surface area (Å²) in [6.45, 7) is -0.0592. The Morgan fingerprint density at radius 3 is 2.75 bits per heavy atom. The van der Waals surface area contributed by atoms with Crippen molar-refractivity contribution in [1.29, 1.82) is 0 Å². The summed E-state index contributed by atoms with van der Waals surface area (Å²) in [6.07, 6.45) is -1.16. The highest BCUT2D eigenvalue weighted by Crippen LogP contribution is 2.25. The summed E-state index contributed by atoms with van der Waals surface area (Å²) in [5.41, 5.74) is 0. The minimum atomic E-state index is -2.49. The minimum Gasteiger partial charge on any atom is -0.393 e. The molecule has 0 spiro atoms. The van der Waals surface area contributed by atoms with E-state index in [9.17, 15) is 13.6 Å². The number of ether oxygens (including phenoxy) is 1. The summed E-state index contributed by atoms with van der Waals surface area (Å²) in [6, 6.07) is 0. The van der Waals surface area contributed by atoms with Gasteiger partial charge in [-0.05, 0) is 18.8 Å². The van der Waals surface area contributed by atoms with Gasteiger partial charge < -0.3 is 15.2 Å². The van der Waals surface area contributed by atoms with E-state index in [0.29, 0.717) is 12.5 Å². The third-order valence-electron chi connectivity index (χ3n) is 2.52. The number of carbonyl (C=O) groups is 1. The van der Waals surface area contributed by atoms with Gasteiger partial charge in [-0.2, -0.15) is 0 Å². The Balaban J connectivity index is 1.91. The molecule has 1 aliphatic rings. The number of hydrogen-bond donors (Lipinski definition) is 2. The van der Waals surface area contributed by atoms with Crippen LogP contribution >= 0.6 is 0 Å². The molecule has 1 rings (SSSR count). The third kappa shape index (κ3) is 5.37. The Labute approximate surface area is 93.0 Å². The van der Waals surface area contributed by atoms with Gasteiger partial charge in [0.1, 0.15) is 6.61 Å². The van der Waals surface area contributed by atoms with Gasteiger partial charge in [0, 0.05) is 13.0 Å². The second-order valence-electron chi connectivity index (χ2n) is 4.01. The normalized spacial score (nSPS) is 24.2. The quantitative estimate of drug-likeness (QED) is 0.635. The lowest BCUT2D eigenvalue weighted by molar-refractivity contribution is -0.123. The van der Waals surface area contributed by atoms with E-state index in [-0.39, 0.29) is 25.0 Å². The molecule has 0 aliphatic heterocycles. The van der Waals surface area contributed by atoms with E-state index in [1.54, 1.807) is 0 Å². The molecule has 0 heterocycles. The Morgan fingerprint density at radius 1 is 1.50 bits per heavy atom. The van der Waals surface area contributed by atoms with Gasteiger partial charge in [-0.3, -0.25) is 4.79 Å². The van der Waals surface area contributed by atoms with Crippen LogP contribution in [0.4, 0.5) is 8.78 Å². The molecule has 1 aliphatic carbocycles. The minimum absolute atomic E-state index is 0.0173. The average molecular weight is 237 g/mol. The summed E-state index contributed by atoms with van der Waals surface area (Å²) in [4.78, 5) is 11.2. The summed E-state index contributed by atoms with van der Waals surface area (Å²) < 4.78 is 27.9. The second kappa shape index (κ2) is 6.75. The van der Waals surface area contributed by atoms with Crippen molar-refractivity contribution in [3.05, 3.63) is 0 Å². The van der Waals surface area contributed by atoms with E-state index >= 15 is 0 Å². The molecule has 0 saturated heterocycles. The van der Waals surface area contributed by atoms with Crippen LogP contribution in [0.2, 0.25) is 0 Å².